The molecule has 0 aliphatic heterocycles. The van der Waals surface area contributed by atoms with Crippen LogP contribution in [-0.4, -0.2) is 28.1 Å². The first-order valence-corrected chi connectivity index (χ1v) is 6.18. The van der Waals surface area contributed by atoms with E-state index >= 15 is 0 Å². The van der Waals surface area contributed by atoms with Crippen molar-refractivity contribution in [2.75, 3.05) is 5.32 Å². The number of nitrogens with one attached hydrogen (secondary N) is 1. The van der Waals surface area contributed by atoms with Gasteiger partial charge in [-0.3, -0.25) is 14.4 Å². The molecule has 0 saturated carbocycles. The number of carbonyl (C=O) groups is 3. The van der Waals surface area contributed by atoms with Crippen molar-refractivity contribution in [3.63, 3.8) is 0 Å². The number of amides is 1. The quantitative estimate of drug-likeness (QED) is 0.731. The van der Waals surface area contributed by atoms with Crippen LogP contribution in [0.5, 0.6) is 0 Å². The van der Waals surface area contributed by atoms with E-state index in [1.54, 1.807) is 24.3 Å². The molecule has 1 aromatic carbocycles. The average Bonchev–Trinajstić information content (AvgIpc) is 2.48. The number of benzene rings is 1. The Kier molecular flexibility index (Phi) is 3.89. The molecule has 0 radical (unpaired) electrons. The number of anilines is 1. The lowest BCUT2D eigenvalue weighted by molar-refractivity contribution is -0.160. The summed E-state index contributed by atoms with van der Waals surface area (Å²) >= 11 is 0. The van der Waals surface area contributed by atoms with Gasteiger partial charge in [0, 0.05) is 11.3 Å². The molecule has 3 N–H and O–H groups in total. The Morgan fingerprint density at radius 1 is 1.05 bits per heavy atom. The van der Waals surface area contributed by atoms with Gasteiger partial charge in [0.2, 0.25) is 0 Å². The molecular formula is C15H13NO5. The number of carbonyl (C=O) groups excluding carboxylic acids is 1. The maximum absolute atomic E-state index is 12.0. The summed E-state index contributed by atoms with van der Waals surface area (Å²) in [6.07, 6.45) is 3.31. The third-order valence-corrected chi connectivity index (χ3v) is 3.25. The van der Waals surface area contributed by atoms with Gasteiger partial charge in [-0.2, -0.15) is 0 Å². The smallest absolute Gasteiger partial charge is 0.325 e. The zero-order chi connectivity index (χ0) is 15.5. The molecule has 1 amide bonds. The second-order valence-corrected chi connectivity index (χ2v) is 4.60. The first-order chi connectivity index (χ1) is 9.95. The Balaban J connectivity index is 2.13. The number of hydrogen-bond donors (Lipinski definition) is 3. The molecule has 0 saturated heterocycles. The number of rotatable bonds is 4. The number of hydrogen-bond acceptors (Lipinski definition) is 3. The lowest BCUT2D eigenvalue weighted by atomic mass is 9.80. The summed E-state index contributed by atoms with van der Waals surface area (Å²) in [7, 11) is 0. The summed E-state index contributed by atoms with van der Waals surface area (Å²) in [6.45, 7) is 0. The molecule has 0 atom stereocenters. The van der Waals surface area contributed by atoms with Crippen molar-refractivity contribution in [1.29, 1.82) is 0 Å². The Morgan fingerprint density at radius 3 is 2.14 bits per heavy atom. The molecule has 6 nitrogen and oxygen atoms in total. The van der Waals surface area contributed by atoms with Crippen LogP contribution in [0.25, 0.3) is 0 Å². The third kappa shape index (κ3) is 2.84. The summed E-state index contributed by atoms with van der Waals surface area (Å²) in [4.78, 5) is 34.2. The van der Waals surface area contributed by atoms with Crippen LogP contribution in [0.1, 0.15) is 6.42 Å². The molecular weight excluding hydrogens is 274 g/mol. The van der Waals surface area contributed by atoms with Crippen LogP contribution in [0.3, 0.4) is 0 Å². The lowest BCUT2D eigenvalue weighted by Gasteiger charge is -2.22. The molecule has 0 spiro atoms. The summed E-state index contributed by atoms with van der Waals surface area (Å²) in [5.74, 6) is -3.32. The molecule has 1 aliphatic carbocycles. The summed E-state index contributed by atoms with van der Waals surface area (Å²) < 4.78 is 0. The number of carboxylic acids is 2. The van der Waals surface area contributed by atoms with E-state index in [-0.39, 0.29) is 12.0 Å². The highest BCUT2D eigenvalue weighted by Crippen LogP contribution is 2.31. The molecule has 0 fully saturated rings. The van der Waals surface area contributed by atoms with Gasteiger partial charge in [-0.25, -0.2) is 0 Å². The van der Waals surface area contributed by atoms with E-state index in [0.29, 0.717) is 5.69 Å². The van der Waals surface area contributed by atoms with Crippen LogP contribution in [0, 0.1) is 5.41 Å². The van der Waals surface area contributed by atoms with Gasteiger partial charge in [-0.15, -0.1) is 0 Å². The molecule has 2 rings (SSSR count). The van der Waals surface area contributed by atoms with E-state index < -0.39 is 23.3 Å². The van der Waals surface area contributed by atoms with Crippen molar-refractivity contribution in [3.05, 3.63) is 54.1 Å². The summed E-state index contributed by atoms with van der Waals surface area (Å²) in [6, 6.07) is 8.76. The Morgan fingerprint density at radius 2 is 1.67 bits per heavy atom. The van der Waals surface area contributed by atoms with Crippen LogP contribution in [0.15, 0.2) is 54.1 Å². The molecule has 0 unspecified atom stereocenters. The zero-order valence-electron chi connectivity index (χ0n) is 10.9. The fourth-order valence-corrected chi connectivity index (χ4v) is 1.94. The Hall–Kier alpha value is -2.89. The fraction of sp³-hybridized carbons (Fsp3) is 0.133. The summed E-state index contributed by atoms with van der Waals surface area (Å²) in [5, 5.41) is 20.8. The van der Waals surface area contributed by atoms with E-state index in [9.17, 15) is 14.4 Å². The number of aliphatic carboxylic acids is 2. The van der Waals surface area contributed by atoms with E-state index in [1.165, 1.54) is 12.2 Å². The van der Waals surface area contributed by atoms with Gasteiger partial charge in [-0.05, 0) is 18.6 Å². The third-order valence-electron chi connectivity index (χ3n) is 3.25. The fourth-order valence-electron chi connectivity index (χ4n) is 1.94. The van der Waals surface area contributed by atoms with Crippen molar-refractivity contribution in [1.82, 2.24) is 0 Å². The minimum Gasteiger partial charge on any atom is -0.480 e. The normalized spacial score (nSPS) is 15.9. The highest BCUT2D eigenvalue weighted by Gasteiger charge is 2.44. The van der Waals surface area contributed by atoms with Crippen LogP contribution in [-0.2, 0) is 14.4 Å². The molecule has 1 aromatic rings. The molecule has 6 heteroatoms. The topological polar surface area (TPSA) is 104 Å². The van der Waals surface area contributed by atoms with Crippen molar-refractivity contribution in [3.8, 4) is 0 Å². The van der Waals surface area contributed by atoms with E-state index in [4.69, 9.17) is 10.2 Å². The van der Waals surface area contributed by atoms with Gasteiger partial charge < -0.3 is 15.5 Å². The summed E-state index contributed by atoms with van der Waals surface area (Å²) in [5.41, 5.74) is -1.17. The van der Waals surface area contributed by atoms with E-state index in [0.717, 1.165) is 6.08 Å². The number of para-hydroxylation sites is 1. The van der Waals surface area contributed by atoms with Crippen LogP contribution in [0.4, 0.5) is 5.69 Å². The highest BCUT2D eigenvalue weighted by atomic mass is 16.4. The minimum atomic E-state index is -2.00. The predicted molar refractivity (Wildman–Crippen MR) is 74.6 cm³/mol. The van der Waals surface area contributed by atoms with E-state index in [2.05, 4.69) is 5.32 Å². The highest BCUT2D eigenvalue weighted by molar-refractivity contribution is 6.08. The van der Waals surface area contributed by atoms with Crippen molar-refractivity contribution in [2.45, 2.75) is 6.42 Å². The largest absolute Gasteiger partial charge is 0.480 e. The van der Waals surface area contributed by atoms with Crippen molar-refractivity contribution >= 4 is 23.5 Å². The molecule has 0 aromatic heterocycles. The van der Waals surface area contributed by atoms with Gasteiger partial charge in [0.25, 0.3) is 5.91 Å². The Bertz CT molecular complexity index is 631. The molecule has 21 heavy (non-hydrogen) atoms. The Labute approximate surface area is 120 Å². The predicted octanol–water partition coefficient (Wildman–Crippen LogP) is 1.67. The standard InChI is InChI=1S/C15H13NO5/c17-12(16-11-4-2-1-3-5-11)10-6-8-15(9-7-10,13(18)19)14(20)21/h1-8H,9H2,(H,16,17)(H,18,19)(H,20,21). The van der Waals surface area contributed by atoms with Crippen molar-refractivity contribution in [2.24, 2.45) is 5.41 Å². The van der Waals surface area contributed by atoms with Crippen LogP contribution >= 0.6 is 0 Å². The minimum absolute atomic E-state index is 0.233. The van der Waals surface area contributed by atoms with Crippen LogP contribution < -0.4 is 5.32 Å². The SMILES string of the molecule is O=C(Nc1ccccc1)C1=CCC(C(=O)O)(C(=O)O)C=C1. The average molecular weight is 287 g/mol. The number of allylic oxidation sites excluding steroid dienone is 1. The second-order valence-electron chi connectivity index (χ2n) is 4.60. The molecule has 0 heterocycles. The van der Waals surface area contributed by atoms with Gasteiger partial charge in [0.05, 0.1) is 0 Å². The van der Waals surface area contributed by atoms with Gasteiger partial charge >= 0.3 is 11.9 Å². The molecule has 108 valence electrons. The monoisotopic (exact) mass is 287 g/mol. The maximum atomic E-state index is 12.0. The maximum Gasteiger partial charge on any atom is 0.325 e. The van der Waals surface area contributed by atoms with Crippen molar-refractivity contribution < 1.29 is 24.6 Å². The van der Waals surface area contributed by atoms with Gasteiger partial charge in [0.15, 0.2) is 5.41 Å². The second kappa shape index (κ2) is 5.62. The van der Waals surface area contributed by atoms with Crippen LogP contribution in [0.2, 0.25) is 0 Å². The van der Waals surface area contributed by atoms with Gasteiger partial charge in [0.1, 0.15) is 0 Å². The number of carboxylic acid groups (broad SMARTS) is 2. The van der Waals surface area contributed by atoms with E-state index in [1.807, 2.05) is 6.07 Å². The molecule has 0 bridgehead atoms. The first-order valence-electron chi connectivity index (χ1n) is 6.18. The zero-order valence-corrected chi connectivity index (χ0v) is 10.9. The lowest BCUT2D eigenvalue weighted by Crippen LogP contribution is -2.38. The van der Waals surface area contributed by atoms with Gasteiger partial charge in [-0.1, -0.05) is 36.4 Å². The first kappa shape index (κ1) is 14.5. The molecule has 1 aliphatic rings.